The molecule has 0 amide bonds. The van der Waals surface area contributed by atoms with E-state index in [0.717, 1.165) is 5.69 Å². The summed E-state index contributed by atoms with van der Waals surface area (Å²) < 4.78 is 1.86. The van der Waals surface area contributed by atoms with Gasteiger partial charge in [-0.05, 0) is 18.6 Å². The number of hydrogen-bond donors (Lipinski definition) is 2. The monoisotopic (exact) mass is 233 g/mol. The Hall–Kier alpha value is -1.95. The summed E-state index contributed by atoms with van der Waals surface area (Å²) in [5.74, 6) is 0.453. The lowest BCUT2D eigenvalue weighted by Crippen LogP contribution is -2.25. The van der Waals surface area contributed by atoms with Crippen molar-refractivity contribution < 1.29 is 0 Å². The molecule has 17 heavy (non-hydrogen) atoms. The Morgan fingerprint density at radius 3 is 2.82 bits per heavy atom. The van der Waals surface area contributed by atoms with Gasteiger partial charge in [0.1, 0.15) is 5.69 Å². The smallest absolute Gasteiger partial charge is 0.274 e. The van der Waals surface area contributed by atoms with Crippen LogP contribution in [-0.2, 0) is 7.05 Å². The van der Waals surface area contributed by atoms with E-state index in [4.69, 9.17) is 5.73 Å². The minimum absolute atomic E-state index is 0.273. The van der Waals surface area contributed by atoms with Crippen LogP contribution in [0.5, 0.6) is 0 Å². The van der Waals surface area contributed by atoms with Crippen molar-refractivity contribution in [2.24, 2.45) is 12.8 Å². The van der Waals surface area contributed by atoms with Crippen LogP contribution in [0.25, 0.3) is 11.5 Å². The number of aryl methyl sites for hydroxylation is 1. The molecule has 0 bridgehead atoms. The molecular weight excluding hydrogens is 218 g/mol. The number of nitrogens with two attached hydrogens (primary N) is 1. The highest BCUT2D eigenvalue weighted by Crippen LogP contribution is 2.12. The number of nitrogens with zero attached hydrogens (tertiary/aromatic N) is 3. The highest BCUT2D eigenvalue weighted by Gasteiger charge is 2.13. The Kier molecular flexibility index (Phi) is 3.06. The number of aromatic amines is 1. The highest BCUT2D eigenvalue weighted by atomic mass is 16.1. The van der Waals surface area contributed by atoms with Gasteiger partial charge >= 0.3 is 0 Å². The van der Waals surface area contributed by atoms with Gasteiger partial charge in [0.25, 0.3) is 5.56 Å². The Balaban J connectivity index is 2.45. The number of aromatic nitrogens is 4. The summed E-state index contributed by atoms with van der Waals surface area (Å²) in [5, 5.41) is 7.92. The van der Waals surface area contributed by atoms with E-state index in [1.165, 1.54) is 0 Å². The van der Waals surface area contributed by atoms with Crippen molar-refractivity contribution in [3.05, 3.63) is 34.4 Å². The van der Waals surface area contributed by atoms with Gasteiger partial charge in [0.15, 0.2) is 5.82 Å². The first-order valence-corrected chi connectivity index (χ1v) is 5.47. The van der Waals surface area contributed by atoms with Crippen LogP contribution in [0.3, 0.4) is 0 Å². The fourth-order valence-corrected chi connectivity index (χ4v) is 1.60. The third kappa shape index (κ3) is 2.12. The third-order valence-electron chi connectivity index (χ3n) is 2.70. The van der Waals surface area contributed by atoms with E-state index in [2.05, 4.69) is 15.2 Å². The zero-order valence-corrected chi connectivity index (χ0v) is 9.84. The van der Waals surface area contributed by atoms with E-state index in [1.807, 2.05) is 36.9 Å². The highest BCUT2D eigenvalue weighted by molar-refractivity contribution is 5.49. The predicted molar refractivity (Wildman–Crippen MR) is 64.3 cm³/mol. The molecule has 0 saturated heterocycles. The van der Waals surface area contributed by atoms with Gasteiger partial charge in [-0.15, -0.1) is 10.2 Å². The molecule has 1 atom stereocenters. The molecule has 1 unspecified atom stereocenters. The molecule has 2 aromatic heterocycles. The van der Waals surface area contributed by atoms with Crippen LogP contribution in [0, 0.1) is 0 Å². The number of hydrogen-bond acceptors (Lipinski definition) is 4. The largest absolute Gasteiger partial charge is 0.348 e. The molecular formula is C11H15N5O. The summed E-state index contributed by atoms with van der Waals surface area (Å²) in [6, 6.07) is 3.37. The van der Waals surface area contributed by atoms with Crippen molar-refractivity contribution in [3.63, 3.8) is 0 Å². The van der Waals surface area contributed by atoms with E-state index in [9.17, 15) is 4.79 Å². The topological polar surface area (TPSA) is 89.6 Å². The van der Waals surface area contributed by atoms with Crippen LogP contribution in [0.1, 0.15) is 25.1 Å². The fraction of sp³-hybridized carbons (Fsp3) is 0.364. The maximum Gasteiger partial charge on any atom is 0.274 e. The van der Waals surface area contributed by atoms with Gasteiger partial charge in [0.2, 0.25) is 0 Å². The van der Waals surface area contributed by atoms with Crippen molar-refractivity contribution in [1.29, 1.82) is 0 Å². The van der Waals surface area contributed by atoms with Crippen molar-refractivity contribution in [3.8, 4) is 11.5 Å². The van der Waals surface area contributed by atoms with Crippen molar-refractivity contribution >= 4 is 0 Å². The zero-order chi connectivity index (χ0) is 12.4. The second-order valence-electron chi connectivity index (χ2n) is 3.91. The average molecular weight is 233 g/mol. The summed E-state index contributed by atoms with van der Waals surface area (Å²) in [4.78, 5) is 14.5. The van der Waals surface area contributed by atoms with E-state index in [0.29, 0.717) is 12.2 Å². The third-order valence-corrected chi connectivity index (χ3v) is 2.70. The summed E-state index contributed by atoms with van der Waals surface area (Å²) in [6.45, 7) is 1.90. The van der Waals surface area contributed by atoms with Crippen molar-refractivity contribution in [2.45, 2.75) is 19.4 Å². The Morgan fingerprint density at radius 1 is 1.53 bits per heavy atom. The van der Waals surface area contributed by atoms with Crippen LogP contribution in [0.2, 0.25) is 0 Å². The van der Waals surface area contributed by atoms with E-state index >= 15 is 0 Å². The zero-order valence-electron chi connectivity index (χ0n) is 9.84. The summed E-state index contributed by atoms with van der Waals surface area (Å²) in [5.41, 5.74) is 6.59. The van der Waals surface area contributed by atoms with Gasteiger partial charge in [-0.1, -0.05) is 6.92 Å². The van der Waals surface area contributed by atoms with Gasteiger partial charge in [-0.25, -0.2) is 0 Å². The first-order chi connectivity index (χ1) is 8.13. The van der Waals surface area contributed by atoms with Crippen molar-refractivity contribution in [2.75, 3.05) is 0 Å². The van der Waals surface area contributed by atoms with Crippen LogP contribution in [-0.4, -0.2) is 19.7 Å². The molecule has 0 radical (unpaired) electrons. The van der Waals surface area contributed by atoms with E-state index in [-0.39, 0.29) is 17.3 Å². The maximum atomic E-state index is 11.8. The molecule has 90 valence electrons. The molecule has 0 fully saturated rings. The molecule has 0 aromatic carbocycles. The van der Waals surface area contributed by atoms with Gasteiger partial charge in [-0.3, -0.25) is 4.79 Å². The molecule has 6 heteroatoms. The Morgan fingerprint density at radius 2 is 2.29 bits per heavy atom. The standard InChI is InChI=1S/C11H15N5O/c1-3-7(12)9-11(17)13-10(15-14-9)8-5-4-6-16(8)2/h4-7H,3,12H2,1-2H3,(H,13,15,17). The van der Waals surface area contributed by atoms with Crippen LogP contribution in [0.15, 0.2) is 23.1 Å². The van der Waals surface area contributed by atoms with Crippen LogP contribution in [0.4, 0.5) is 0 Å². The average Bonchev–Trinajstić information content (AvgIpc) is 2.74. The van der Waals surface area contributed by atoms with Gasteiger partial charge < -0.3 is 15.3 Å². The van der Waals surface area contributed by atoms with Gasteiger partial charge in [-0.2, -0.15) is 0 Å². The minimum atomic E-state index is -0.367. The lowest BCUT2D eigenvalue weighted by molar-refractivity contribution is 0.644. The molecule has 2 heterocycles. The lowest BCUT2D eigenvalue weighted by Gasteiger charge is -2.07. The van der Waals surface area contributed by atoms with Crippen LogP contribution >= 0.6 is 0 Å². The molecule has 3 N–H and O–H groups in total. The first-order valence-electron chi connectivity index (χ1n) is 5.47. The SMILES string of the molecule is CCC(N)c1nnc(-c2cccn2C)[nH]c1=O. The molecule has 2 rings (SSSR count). The first kappa shape index (κ1) is 11.5. The van der Waals surface area contributed by atoms with Crippen LogP contribution < -0.4 is 11.3 Å². The summed E-state index contributed by atoms with van der Waals surface area (Å²) >= 11 is 0. The molecule has 0 aliphatic rings. The van der Waals surface area contributed by atoms with Crippen molar-refractivity contribution in [1.82, 2.24) is 19.7 Å². The molecule has 2 aromatic rings. The van der Waals surface area contributed by atoms with Gasteiger partial charge in [0, 0.05) is 13.2 Å². The lowest BCUT2D eigenvalue weighted by atomic mass is 10.2. The minimum Gasteiger partial charge on any atom is -0.348 e. The normalized spacial score (nSPS) is 12.6. The van der Waals surface area contributed by atoms with E-state index in [1.54, 1.807) is 0 Å². The second kappa shape index (κ2) is 4.50. The number of H-pyrrole nitrogens is 1. The molecule has 0 aliphatic heterocycles. The fourth-order valence-electron chi connectivity index (χ4n) is 1.60. The summed E-state index contributed by atoms with van der Waals surface area (Å²) in [7, 11) is 1.88. The molecule has 0 aliphatic carbocycles. The molecule has 0 saturated carbocycles. The molecule has 0 spiro atoms. The molecule has 6 nitrogen and oxygen atoms in total. The quantitative estimate of drug-likeness (QED) is 0.811. The predicted octanol–water partition coefficient (Wildman–Crippen LogP) is 0.580. The number of nitrogens with one attached hydrogen (secondary N) is 1. The summed E-state index contributed by atoms with van der Waals surface area (Å²) in [6.07, 6.45) is 2.53. The van der Waals surface area contributed by atoms with E-state index < -0.39 is 0 Å². The Bertz CT molecular complexity index is 571. The van der Waals surface area contributed by atoms with Gasteiger partial charge in [0.05, 0.1) is 11.7 Å². The maximum absolute atomic E-state index is 11.8. The Labute approximate surface area is 98.5 Å². The second-order valence-corrected chi connectivity index (χ2v) is 3.91. The number of rotatable bonds is 3.